The number of rotatable bonds is 8. The normalized spacial score (nSPS) is 14.6. The molecule has 1 aliphatic rings. The van der Waals surface area contributed by atoms with Gasteiger partial charge in [0.1, 0.15) is 0 Å². The van der Waals surface area contributed by atoms with Gasteiger partial charge in [-0.1, -0.05) is 24.3 Å². The first-order valence-corrected chi connectivity index (χ1v) is 9.80. The number of carbonyl (C=O) groups excluding carboxylic acids is 1. The minimum absolute atomic E-state index is 0.114. The third kappa shape index (κ3) is 5.39. The number of nitrogens with zero attached hydrogens (tertiary/aromatic N) is 1. The summed E-state index contributed by atoms with van der Waals surface area (Å²) in [6.45, 7) is 5.10. The number of amides is 1. The van der Waals surface area contributed by atoms with Crippen LogP contribution in [0.2, 0.25) is 0 Å². The predicted molar refractivity (Wildman–Crippen MR) is 110 cm³/mol. The highest BCUT2D eigenvalue weighted by Crippen LogP contribution is 2.27. The summed E-state index contributed by atoms with van der Waals surface area (Å²) < 4.78 is 10.6. The molecule has 1 heterocycles. The summed E-state index contributed by atoms with van der Waals surface area (Å²) >= 11 is 0. The maximum absolute atomic E-state index is 12.3. The number of nitrogens with one attached hydrogen (secondary N) is 2. The van der Waals surface area contributed by atoms with E-state index in [-0.39, 0.29) is 5.91 Å². The van der Waals surface area contributed by atoms with Crippen LogP contribution < -0.4 is 24.6 Å². The molecule has 6 heteroatoms. The molecule has 0 atom stereocenters. The summed E-state index contributed by atoms with van der Waals surface area (Å²) in [7, 11) is 3.25. The standard InChI is InChI=1S/C22H29N3O3/c1-27-20-9-8-18(16-21(20)28-2)10-11-23-22(26)17-24-12-14-25(15-13-24)19-6-4-3-5-7-19/h3-9,16H,10-15,17H2,1-2H3,(H,23,26)/p+1. The number of para-hydroxylation sites is 1. The quantitative estimate of drug-likeness (QED) is 0.706. The first-order valence-electron chi connectivity index (χ1n) is 9.80. The maximum atomic E-state index is 12.3. The zero-order chi connectivity index (χ0) is 19.8. The van der Waals surface area contributed by atoms with Gasteiger partial charge in [-0.3, -0.25) is 4.79 Å². The molecule has 0 unspecified atom stereocenters. The summed E-state index contributed by atoms with van der Waals surface area (Å²) in [5.74, 6) is 1.55. The molecule has 28 heavy (non-hydrogen) atoms. The van der Waals surface area contributed by atoms with Crippen LogP contribution in [-0.2, 0) is 11.2 Å². The van der Waals surface area contributed by atoms with E-state index in [4.69, 9.17) is 9.47 Å². The van der Waals surface area contributed by atoms with Gasteiger partial charge in [0, 0.05) is 12.2 Å². The Balaban J connectivity index is 1.38. The van der Waals surface area contributed by atoms with Crippen LogP contribution in [0, 0.1) is 0 Å². The van der Waals surface area contributed by atoms with Gasteiger partial charge >= 0.3 is 0 Å². The lowest BCUT2D eigenvalue weighted by molar-refractivity contribution is -0.892. The Morgan fingerprint density at radius 1 is 1.04 bits per heavy atom. The number of piperazine rings is 1. The topological polar surface area (TPSA) is 55.2 Å². The molecule has 6 nitrogen and oxygen atoms in total. The molecule has 1 fully saturated rings. The molecular weight excluding hydrogens is 354 g/mol. The molecule has 0 aliphatic carbocycles. The fraction of sp³-hybridized carbons (Fsp3) is 0.409. The fourth-order valence-electron chi connectivity index (χ4n) is 3.57. The van der Waals surface area contributed by atoms with Gasteiger partial charge in [0.2, 0.25) is 0 Å². The van der Waals surface area contributed by atoms with Crippen molar-refractivity contribution in [1.29, 1.82) is 0 Å². The van der Waals surface area contributed by atoms with Gasteiger partial charge in [-0.25, -0.2) is 0 Å². The Labute approximate surface area is 167 Å². The monoisotopic (exact) mass is 384 g/mol. The average Bonchev–Trinajstić information content (AvgIpc) is 2.74. The van der Waals surface area contributed by atoms with Crippen molar-refractivity contribution in [3.8, 4) is 11.5 Å². The van der Waals surface area contributed by atoms with Gasteiger partial charge in [-0.15, -0.1) is 0 Å². The lowest BCUT2D eigenvalue weighted by Gasteiger charge is -2.33. The molecule has 2 aromatic carbocycles. The number of benzene rings is 2. The second-order valence-corrected chi connectivity index (χ2v) is 7.04. The number of anilines is 1. The van der Waals surface area contributed by atoms with Gasteiger partial charge in [0.15, 0.2) is 18.0 Å². The van der Waals surface area contributed by atoms with E-state index in [1.54, 1.807) is 14.2 Å². The van der Waals surface area contributed by atoms with Crippen molar-refractivity contribution in [1.82, 2.24) is 5.32 Å². The predicted octanol–water partition coefficient (Wildman–Crippen LogP) is 0.768. The van der Waals surface area contributed by atoms with E-state index in [2.05, 4.69) is 34.5 Å². The van der Waals surface area contributed by atoms with Crippen LogP contribution in [0.4, 0.5) is 5.69 Å². The van der Waals surface area contributed by atoms with Gasteiger partial charge in [-0.2, -0.15) is 0 Å². The second-order valence-electron chi connectivity index (χ2n) is 7.04. The Kier molecular flexibility index (Phi) is 7.14. The van der Waals surface area contributed by atoms with E-state index in [0.29, 0.717) is 24.6 Å². The number of quaternary nitrogens is 1. The van der Waals surface area contributed by atoms with E-state index in [9.17, 15) is 4.79 Å². The van der Waals surface area contributed by atoms with Gasteiger partial charge in [-0.05, 0) is 36.2 Å². The molecule has 1 saturated heterocycles. The zero-order valence-corrected chi connectivity index (χ0v) is 16.7. The lowest BCUT2D eigenvalue weighted by atomic mass is 10.1. The van der Waals surface area contributed by atoms with Crippen LogP contribution in [0.3, 0.4) is 0 Å². The second kappa shape index (κ2) is 9.99. The summed E-state index contributed by atoms with van der Waals surface area (Å²) in [4.78, 5) is 16.0. The number of carbonyl (C=O) groups is 1. The van der Waals surface area contributed by atoms with E-state index < -0.39 is 0 Å². The van der Waals surface area contributed by atoms with Crippen molar-refractivity contribution >= 4 is 11.6 Å². The van der Waals surface area contributed by atoms with Crippen LogP contribution in [0.5, 0.6) is 11.5 Å². The molecule has 150 valence electrons. The molecule has 0 radical (unpaired) electrons. The van der Waals surface area contributed by atoms with Crippen LogP contribution >= 0.6 is 0 Å². The highest BCUT2D eigenvalue weighted by molar-refractivity contribution is 5.76. The third-order valence-corrected chi connectivity index (χ3v) is 5.19. The highest BCUT2D eigenvalue weighted by atomic mass is 16.5. The molecule has 0 spiro atoms. The molecule has 1 aliphatic heterocycles. The van der Waals surface area contributed by atoms with Gasteiger partial charge < -0.3 is 24.6 Å². The smallest absolute Gasteiger partial charge is 0.275 e. The van der Waals surface area contributed by atoms with Crippen molar-refractivity contribution in [3.63, 3.8) is 0 Å². The molecule has 0 bridgehead atoms. The van der Waals surface area contributed by atoms with Gasteiger partial charge in [0.05, 0.1) is 40.4 Å². The summed E-state index contributed by atoms with van der Waals surface area (Å²) in [5, 5.41) is 3.04. The number of hydrogen-bond donors (Lipinski definition) is 2. The fourth-order valence-corrected chi connectivity index (χ4v) is 3.57. The average molecular weight is 385 g/mol. The van der Waals surface area contributed by atoms with Crippen molar-refractivity contribution < 1.29 is 19.2 Å². The largest absolute Gasteiger partial charge is 0.493 e. The molecule has 3 rings (SSSR count). The highest BCUT2D eigenvalue weighted by Gasteiger charge is 2.22. The first kappa shape index (κ1) is 20.0. The Morgan fingerprint density at radius 3 is 2.43 bits per heavy atom. The maximum Gasteiger partial charge on any atom is 0.275 e. The number of hydrogen-bond acceptors (Lipinski definition) is 4. The molecule has 0 saturated carbocycles. The van der Waals surface area contributed by atoms with E-state index in [0.717, 1.165) is 38.2 Å². The minimum Gasteiger partial charge on any atom is -0.493 e. The van der Waals surface area contributed by atoms with Crippen LogP contribution in [0.25, 0.3) is 0 Å². The molecule has 1 amide bonds. The first-order chi connectivity index (χ1) is 13.7. The van der Waals surface area contributed by atoms with Crippen molar-refractivity contribution in [2.75, 3.05) is 58.4 Å². The summed E-state index contributed by atoms with van der Waals surface area (Å²) in [6, 6.07) is 16.3. The number of ether oxygens (including phenoxy) is 2. The van der Waals surface area contributed by atoms with Crippen molar-refractivity contribution in [2.45, 2.75) is 6.42 Å². The van der Waals surface area contributed by atoms with Crippen molar-refractivity contribution in [2.24, 2.45) is 0 Å². The van der Waals surface area contributed by atoms with E-state index in [1.165, 1.54) is 10.6 Å². The SMILES string of the molecule is COc1ccc(CCNC(=O)C[NH+]2CCN(c3ccccc3)CC2)cc1OC. The minimum atomic E-state index is 0.114. The lowest BCUT2D eigenvalue weighted by Crippen LogP contribution is -3.16. The third-order valence-electron chi connectivity index (χ3n) is 5.19. The molecule has 2 aromatic rings. The van der Waals surface area contributed by atoms with Crippen LogP contribution in [0.1, 0.15) is 5.56 Å². The van der Waals surface area contributed by atoms with Crippen molar-refractivity contribution in [3.05, 3.63) is 54.1 Å². The van der Waals surface area contributed by atoms with Gasteiger partial charge in [0.25, 0.3) is 5.91 Å². The van der Waals surface area contributed by atoms with E-state index in [1.807, 2.05) is 24.3 Å². The summed E-state index contributed by atoms with van der Waals surface area (Å²) in [6.07, 6.45) is 0.767. The Hall–Kier alpha value is -2.73. The zero-order valence-electron chi connectivity index (χ0n) is 16.7. The van der Waals surface area contributed by atoms with E-state index >= 15 is 0 Å². The Morgan fingerprint density at radius 2 is 1.75 bits per heavy atom. The molecule has 0 aromatic heterocycles. The Bertz CT molecular complexity index is 759. The summed E-state index contributed by atoms with van der Waals surface area (Å²) in [5.41, 5.74) is 2.38. The van der Waals surface area contributed by atoms with Crippen LogP contribution in [-0.4, -0.2) is 59.4 Å². The molecular formula is C22H30N3O3+. The van der Waals surface area contributed by atoms with Crippen LogP contribution in [0.15, 0.2) is 48.5 Å². The molecule has 2 N–H and O–H groups in total. The number of methoxy groups -OCH3 is 2.